The Labute approximate surface area is 107 Å². The molecule has 0 atom stereocenters. The fourth-order valence-electron chi connectivity index (χ4n) is 1.25. The van der Waals surface area contributed by atoms with E-state index in [1.54, 1.807) is 0 Å². The summed E-state index contributed by atoms with van der Waals surface area (Å²) in [5.74, 6) is -0.620. The lowest BCUT2D eigenvalue weighted by Crippen LogP contribution is -2.18. The molecule has 0 aliphatic carbocycles. The van der Waals surface area contributed by atoms with Crippen LogP contribution in [0.1, 0.15) is 10.4 Å². The quantitative estimate of drug-likeness (QED) is 0.507. The summed E-state index contributed by atoms with van der Waals surface area (Å²) in [6.45, 7) is -1.05. The minimum Gasteiger partial charge on any atom is -0.490 e. The van der Waals surface area contributed by atoms with E-state index in [2.05, 4.69) is 9.47 Å². The molecule has 1 aromatic rings. The second-order valence-corrected chi connectivity index (χ2v) is 3.39. The maximum Gasteiger partial charge on any atom is 0.522 e. The SMILES string of the molecule is COC(=O)c1cc(N)ccc1OCCOC(F)(F)F. The predicted octanol–water partition coefficient (Wildman–Crippen LogP) is 1.97. The number of benzene rings is 1. The molecule has 5 nitrogen and oxygen atoms in total. The van der Waals surface area contributed by atoms with Crippen molar-refractivity contribution in [2.75, 3.05) is 26.1 Å². The topological polar surface area (TPSA) is 70.8 Å². The second-order valence-electron chi connectivity index (χ2n) is 3.39. The molecule has 0 amide bonds. The number of carbonyl (C=O) groups excluding carboxylic acids is 1. The first-order chi connectivity index (χ1) is 8.83. The minimum atomic E-state index is -4.71. The molecule has 0 aromatic heterocycles. The van der Waals surface area contributed by atoms with E-state index in [0.29, 0.717) is 5.69 Å². The number of rotatable bonds is 5. The van der Waals surface area contributed by atoms with E-state index >= 15 is 0 Å². The lowest BCUT2D eigenvalue weighted by atomic mass is 10.2. The fraction of sp³-hybridized carbons (Fsp3) is 0.364. The third kappa shape index (κ3) is 5.04. The summed E-state index contributed by atoms with van der Waals surface area (Å²) >= 11 is 0. The Hall–Kier alpha value is -1.96. The van der Waals surface area contributed by atoms with Gasteiger partial charge in [-0.2, -0.15) is 0 Å². The zero-order chi connectivity index (χ0) is 14.5. The normalized spacial score (nSPS) is 11.2. The van der Waals surface area contributed by atoms with E-state index in [1.165, 1.54) is 25.3 Å². The number of nitrogen functional groups attached to an aromatic ring is 1. The van der Waals surface area contributed by atoms with Crippen molar-refractivity contribution >= 4 is 11.7 Å². The first-order valence-corrected chi connectivity index (χ1v) is 5.15. The number of methoxy groups -OCH3 is 1. The maximum atomic E-state index is 11.7. The van der Waals surface area contributed by atoms with Crippen LogP contribution in [0.2, 0.25) is 0 Å². The molecule has 0 fully saturated rings. The Bertz CT molecular complexity index is 448. The van der Waals surface area contributed by atoms with Gasteiger partial charge in [0.25, 0.3) is 0 Å². The highest BCUT2D eigenvalue weighted by atomic mass is 19.4. The van der Waals surface area contributed by atoms with E-state index in [1.807, 2.05) is 0 Å². The van der Waals surface area contributed by atoms with Crippen molar-refractivity contribution in [3.63, 3.8) is 0 Å². The van der Waals surface area contributed by atoms with Crippen molar-refractivity contribution in [1.29, 1.82) is 0 Å². The van der Waals surface area contributed by atoms with Gasteiger partial charge in [0, 0.05) is 5.69 Å². The Balaban J connectivity index is 2.65. The zero-order valence-electron chi connectivity index (χ0n) is 9.99. The van der Waals surface area contributed by atoms with E-state index in [-0.39, 0.29) is 17.9 Å². The van der Waals surface area contributed by atoms with Gasteiger partial charge in [-0.25, -0.2) is 4.79 Å². The van der Waals surface area contributed by atoms with Gasteiger partial charge in [-0.15, -0.1) is 13.2 Å². The lowest BCUT2D eigenvalue weighted by Gasteiger charge is -2.12. The molecule has 1 aromatic carbocycles. The summed E-state index contributed by atoms with van der Waals surface area (Å²) in [5, 5.41) is 0. The molecule has 0 aliphatic heterocycles. The summed E-state index contributed by atoms with van der Waals surface area (Å²) in [5.41, 5.74) is 5.84. The number of carbonyl (C=O) groups is 1. The molecule has 0 spiro atoms. The van der Waals surface area contributed by atoms with Crippen LogP contribution >= 0.6 is 0 Å². The Morgan fingerprint density at radius 2 is 2.00 bits per heavy atom. The van der Waals surface area contributed by atoms with Gasteiger partial charge >= 0.3 is 12.3 Å². The van der Waals surface area contributed by atoms with Gasteiger partial charge in [-0.05, 0) is 18.2 Å². The number of nitrogens with two attached hydrogens (primary N) is 1. The first kappa shape index (κ1) is 15.1. The highest BCUT2D eigenvalue weighted by Gasteiger charge is 2.28. The molecular weight excluding hydrogens is 267 g/mol. The minimum absolute atomic E-state index is 0.0366. The summed E-state index contributed by atoms with van der Waals surface area (Å²) in [6.07, 6.45) is -4.71. The van der Waals surface area contributed by atoms with E-state index < -0.39 is 18.9 Å². The third-order valence-corrected chi connectivity index (χ3v) is 2.02. The van der Waals surface area contributed by atoms with Crippen molar-refractivity contribution in [1.82, 2.24) is 0 Å². The van der Waals surface area contributed by atoms with Crippen LogP contribution in [-0.2, 0) is 9.47 Å². The van der Waals surface area contributed by atoms with Gasteiger partial charge in [-0.1, -0.05) is 0 Å². The fourth-order valence-corrected chi connectivity index (χ4v) is 1.25. The van der Waals surface area contributed by atoms with Gasteiger partial charge in [0.15, 0.2) is 0 Å². The molecule has 1 rings (SSSR count). The standard InChI is InChI=1S/C11H12F3NO4/c1-17-10(16)8-6-7(15)2-3-9(8)18-4-5-19-11(12,13)14/h2-3,6H,4-5,15H2,1H3. The smallest absolute Gasteiger partial charge is 0.490 e. The van der Waals surface area contributed by atoms with Gasteiger partial charge in [0.05, 0.1) is 13.7 Å². The van der Waals surface area contributed by atoms with Gasteiger partial charge < -0.3 is 15.2 Å². The molecule has 106 valence electrons. The average Bonchev–Trinajstić information content (AvgIpc) is 2.33. The summed E-state index contributed by atoms with van der Waals surface area (Å²) in [6, 6.07) is 4.13. The molecule has 19 heavy (non-hydrogen) atoms. The number of hydrogen-bond donors (Lipinski definition) is 1. The number of alkyl halides is 3. The van der Waals surface area contributed by atoms with E-state index in [0.717, 1.165) is 0 Å². The highest BCUT2D eigenvalue weighted by molar-refractivity contribution is 5.93. The van der Waals surface area contributed by atoms with Crippen molar-refractivity contribution in [2.24, 2.45) is 0 Å². The molecule has 0 heterocycles. The number of esters is 1. The van der Waals surface area contributed by atoms with Crippen LogP contribution < -0.4 is 10.5 Å². The number of anilines is 1. The predicted molar refractivity (Wildman–Crippen MR) is 59.7 cm³/mol. The maximum absolute atomic E-state index is 11.7. The van der Waals surface area contributed by atoms with Crippen molar-refractivity contribution in [2.45, 2.75) is 6.36 Å². The number of halogens is 3. The molecule has 0 bridgehead atoms. The third-order valence-electron chi connectivity index (χ3n) is 2.02. The molecule has 0 saturated carbocycles. The van der Waals surface area contributed by atoms with E-state index in [9.17, 15) is 18.0 Å². The number of ether oxygens (including phenoxy) is 3. The van der Waals surface area contributed by atoms with Crippen LogP contribution in [0.3, 0.4) is 0 Å². The first-order valence-electron chi connectivity index (χ1n) is 5.15. The average molecular weight is 279 g/mol. The molecular formula is C11H12F3NO4. The Kier molecular flexibility index (Phi) is 4.99. The second kappa shape index (κ2) is 6.28. The van der Waals surface area contributed by atoms with Crippen LogP contribution in [0.4, 0.5) is 18.9 Å². The summed E-state index contributed by atoms with van der Waals surface area (Å²) in [7, 11) is 1.17. The molecule has 8 heteroatoms. The molecule has 0 unspecified atom stereocenters. The Morgan fingerprint density at radius 1 is 1.32 bits per heavy atom. The van der Waals surface area contributed by atoms with E-state index in [4.69, 9.17) is 10.5 Å². The van der Waals surface area contributed by atoms with Crippen molar-refractivity contribution < 1.29 is 32.2 Å². The Morgan fingerprint density at radius 3 is 2.58 bits per heavy atom. The largest absolute Gasteiger partial charge is 0.522 e. The molecule has 0 aliphatic rings. The highest BCUT2D eigenvalue weighted by Crippen LogP contribution is 2.22. The molecule has 2 N–H and O–H groups in total. The van der Waals surface area contributed by atoms with Crippen LogP contribution in [0, 0.1) is 0 Å². The van der Waals surface area contributed by atoms with Crippen LogP contribution in [0.25, 0.3) is 0 Å². The van der Waals surface area contributed by atoms with Gasteiger partial charge in [0.1, 0.15) is 17.9 Å². The number of hydrogen-bond acceptors (Lipinski definition) is 5. The van der Waals surface area contributed by atoms with Crippen LogP contribution in [0.5, 0.6) is 5.75 Å². The lowest BCUT2D eigenvalue weighted by molar-refractivity contribution is -0.325. The summed E-state index contributed by atoms with van der Waals surface area (Å²) in [4.78, 5) is 11.4. The monoisotopic (exact) mass is 279 g/mol. The van der Waals surface area contributed by atoms with Crippen LogP contribution in [-0.4, -0.2) is 32.7 Å². The molecule has 0 radical (unpaired) electrons. The van der Waals surface area contributed by atoms with Gasteiger partial charge in [0.2, 0.25) is 0 Å². The molecule has 0 saturated heterocycles. The zero-order valence-corrected chi connectivity index (χ0v) is 9.99. The van der Waals surface area contributed by atoms with Crippen molar-refractivity contribution in [3.8, 4) is 5.75 Å². The summed E-state index contributed by atoms with van der Waals surface area (Å²) < 4.78 is 48.3. The van der Waals surface area contributed by atoms with Crippen LogP contribution in [0.15, 0.2) is 18.2 Å². The van der Waals surface area contributed by atoms with Gasteiger partial charge in [-0.3, -0.25) is 4.74 Å². The van der Waals surface area contributed by atoms with Crippen molar-refractivity contribution in [3.05, 3.63) is 23.8 Å².